The molecule has 0 aromatic rings. The van der Waals surface area contributed by atoms with E-state index in [1.807, 2.05) is 0 Å². The normalized spacial score (nSPS) is 31.1. The van der Waals surface area contributed by atoms with Gasteiger partial charge in [-0.15, -0.1) is 5.54 Å². The minimum atomic E-state index is -1.27. The van der Waals surface area contributed by atoms with Crippen LogP contribution in [0.15, 0.2) is 0 Å². The molecule has 1 saturated heterocycles. The molecule has 0 amide bonds. The maximum Gasteiger partial charge on any atom is 0.129 e. The number of hydrogen-bond donors (Lipinski definition) is 0. The Labute approximate surface area is 127 Å². The fourth-order valence-corrected chi connectivity index (χ4v) is 4.44. The number of ether oxygens (including phenoxy) is 1. The molecule has 1 aliphatic heterocycles. The predicted octanol–water partition coefficient (Wildman–Crippen LogP) is 4.41. The summed E-state index contributed by atoms with van der Waals surface area (Å²) in [4.78, 5) is 0. The highest BCUT2D eigenvalue weighted by Gasteiger charge is 2.45. The van der Waals surface area contributed by atoms with Crippen LogP contribution in [0.1, 0.15) is 38.5 Å². The van der Waals surface area contributed by atoms with E-state index in [4.69, 9.17) is 4.74 Å². The summed E-state index contributed by atoms with van der Waals surface area (Å²) in [6.07, 6.45) is 8.10. The molecule has 0 N–H and O–H groups in total. The van der Waals surface area contributed by atoms with Gasteiger partial charge < -0.3 is 4.74 Å². The monoisotopic (exact) mass is 376 g/mol. The Hall–Kier alpha value is 0.467. The van der Waals surface area contributed by atoms with E-state index < -0.39 is 8.07 Å². The zero-order valence-corrected chi connectivity index (χ0v) is 15.0. The smallest absolute Gasteiger partial charge is 0.129 e. The molecule has 2 aliphatic rings. The van der Waals surface area contributed by atoms with E-state index in [1.165, 1.54) is 43.0 Å². The van der Waals surface area contributed by atoms with Gasteiger partial charge in [0.2, 0.25) is 0 Å². The summed E-state index contributed by atoms with van der Waals surface area (Å²) in [5.74, 6) is 4.14. The zero-order chi connectivity index (χ0) is 13.2. The second-order valence-corrected chi connectivity index (χ2v) is 12.6. The van der Waals surface area contributed by atoms with Crippen molar-refractivity contribution in [2.24, 2.45) is 5.92 Å². The van der Waals surface area contributed by atoms with Crippen molar-refractivity contribution >= 4 is 30.7 Å². The molecule has 18 heavy (non-hydrogen) atoms. The van der Waals surface area contributed by atoms with Gasteiger partial charge in [-0.1, -0.05) is 67.4 Å². The molecule has 1 spiro atoms. The van der Waals surface area contributed by atoms with Crippen LogP contribution in [0.5, 0.6) is 0 Å². The van der Waals surface area contributed by atoms with Gasteiger partial charge in [0.15, 0.2) is 0 Å². The van der Waals surface area contributed by atoms with Gasteiger partial charge in [-0.25, -0.2) is 0 Å². The SMILES string of the molecule is C[Si](C)(C)C#C[C@@H]1OC2(CCCCC2)C[C@@H]1CI. The topological polar surface area (TPSA) is 9.23 Å². The standard InChI is InChI=1S/C15H25IOSi/c1-18(2,3)10-7-14-13(12-16)11-15(17-14)8-5-4-6-9-15/h13-14H,4-6,8-9,11-12H2,1-3H3/t13-,14+/m1/s1. The van der Waals surface area contributed by atoms with Crippen molar-refractivity contribution in [1.29, 1.82) is 0 Å². The third-order valence-corrected chi connectivity index (χ3v) is 6.02. The molecule has 2 atom stereocenters. The van der Waals surface area contributed by atoms with E-state index in [1.54, 1.807) is 0 Å². The molecule has 1 heterocycles. The Morgan fingerprint density at radius 3 is 2.44 bits per heavy atom. The highest BCUT2D eigenvalue weighted by Crippen LogP contribution is 2.45. The lowest BCUT2D eigenvalue weighted by molar-refractivity contribution is -0.0465. The number of hydrogen-bond acceptors (Lipinski definition) is 1. The third-order valence-electron chi connectivity index (χ3n) is 3.99. The zero-order valence-electron chi connectivity index (χ0n) is 11.9. The van der Waals surface area contributed by atoms with E-state index in [2.05, 4.69) is 53.7 Å². The summed E-state index contributed by atoms with van der Waals surface area (Å²) in [6.45, 7) is 6.93. The first-order chi connectivity index (χ1) is 8.44. The van der Waals surface area contributed by atoms with Crippen LogP contribution in [0.4, 0.5) is 0 Å². The van der Waals surface area contributed by atoms with Gasteiger partial charge in [0, 0.05) is 10.3 Å². The van der Waals surface area contributed by atoms with Gasteiger partial charge in [-0.3, -0.25) is 0 Å². The lowest BCUT2D eigenvalue weighted by atomic mass is 9.81. The minimum absolute atomic E-state index is 0.201. The maximum absolute atomic E-state index is 6.43. The average Bonchev–Trinajstić information content (AvgIpc) is 2.65. The second-order valence-electron chi connectivity index (χ2n) is 6.92. The van der Waals surface area contributed by atoms with Crippen LogP contribution in [0, 0.1) is 17.4 Å². The summed E-state index contributed by atoms with van der Waals surface area (Å²) >= 11 is 2.51. The first kappa shape index (κ1) is 14.9. The van der Waals surface area contributed by atoms with Crippen molar-refractivity contribution in [3.05, 3.63) is 0 Å². The highest BCUT2D eigenvalue weighted by atomic mass is 127. The summed E-state index contributed by atoms with van der Waals surface area (Å²) in [5.41, 5.74) is 3.71. The van der Waals surface area contributed by atoms with Crippen molar-refractivity contribution < 1.29 is 4.74 Å². The van der Waals surface area contributed by atoms with Crippen LogP contribution < -0.4 is 0 Å². The quantitative estimate of drug-likeness (QED) is 0.285. The van der Waals surface area contributed by atoms with E-state index in [-0.39, 0.29) is 11.7 Å². The largest absolute Gasteiger partial charge is 0.359 e. The molecule has 2 fully saturated rings. The van der Waals surface area contributed by atoms with Gasteiger partial charge in [0.25, 0.3) is 0 Å². The molecule has 0 aromatic carbocycles. The molecule has 3 heteroatoms. The van der Waals surface area contributed by atoms with Crippen LogP contribution in [0.25, 0.3) is 0 Å². The molecule has 0 aromatic heterocycles. The molecule has 0 bridgehead atoms. The van der Waals surface area contributed by atoms with Gasteiger partial charge in [0.05, 0.1) is 5.60 Å². The number of halogens is 1. The molecule has 2 rings (SSSR count). The van der Waals surface area contributed by atoms with E-state index in [9.17, 15) is 0 Å². The van der Waals surface area contributed by atoms with Crippen LogP contribution in [-0.2, 0) is 4.74 Å². The fraction of sp³-hybridized carbons (Fsp3) is 0.867. The first-order valence-electron chi connectivity index (χ1n) is 7.21. The summed E-state index contributed by atoms with van der Waals surface area (Å²) in [5, 5.41) is 0. The van der Waals surface area contributed by atoms with Crippen molar-refractivity contribution in [3.63, 3.8) is 0 Å². The van der Waals surface area contributed by atoms with E-state index in [0.717, 1.165) is 0 Å². The number of rotatable bonds is 1. The predicted molar refractivity (Wildman–Crippen MR) is 88.8 cm³/mol. The van der Waals surface area contributed by atoms with Crippen molar-refractivity contribution in [3.8, 4) is 11.5 Å². The van der Waals surface area contributed by atoms with Crippen molar-refractivity contribution in [1.82, 2.24) is 0 Å². The number of alkyl halides is 1. The Bertz CT molecular complexity index is 344. The Morgan fingerprint density at radius 2 is 1.89 bits per heavy atom. The van der Waals surface area contributed by atoms with Gasteiger partial charge in [-0.2, -0.15) is 0 Å². The lowest BCUT2D eigenvalue weighted by Gasteiger charge is -2.32. The molecular weight excluding hydrogens is 351 g/mol. The molecule has 1 nitrogen and oxygen atoms in total. The third kappa shape index (κ3) is 3.74. The summed E-state index contributed by atoms with van der Waals surface area (Å²) in [6, 6.07) is 0. The lowest BCUT2D eigenvalue weighted by Crippen LogP contribution is -2.31. The summed E-state index contributed by atoms with van der Waals surface area (Å²) in [7, 11) is -1.27. The Morgan fingerprint density at radius 1 is 1.22 bits per heavy atom. The maximum atomic E-state index is 6.43. The van der Waals surface area contributed by atoms with Gasteiger partial charge >= 0.3 is 0 Å². The molecule has 0 unspecified atom stereocenters. The van der Waals surface area contributed by atoms with Crippen LogP contribution in [0.2, 0.25) is 19.6 Å². The average molecular weight is 376 g/mol. The second kappa shape index (κ2) is 5.84. The highest BCUT2D eigenvalue weighted by molar-refractivity contribution is 14.1. The Balaban J connectivity index is 2.08. The minimum Gasteiger partial charge on any atom is -0.359 e. The van der Waals surface area contributed by atoms with Gasteiger partial charge in [0.1, 0.15) is 14.2 Å². The van der Waals surface area contributed by atoms with Crippen molar-refractivity contribution in [2.75, 3.05) is 4.43 Å². The molecule has 1 saturated carbocycles. The first-order valence-corrected chi connectivity index (χ1v) is 12.2. The molecule has 0 radical (unpaired) electrons. The molecule has 102 valence electrons. The van der Waals surface area contributed by atoms with Crippen LogP contribution >= 0.6 is 22.6 Å². The van der Waals surface area contributed by atoms with E-state index in [0.29, 0.717) is 5.92 Å². The fourth-order valence-electron chi connectivity index (χ4n) is 3.09. The van der Waals surface area contributed by atoms with E-state index >= 15 is 0 Å². The Kier molecular flexibility index (Phi) is 4.83. The van der Waals surface area contributed by atoms with Gasteiger partial charge in [-0.05, 0) is 19.3 Å². The molecular formula is C15H25IOSi. The van der Waals surface area contributed by atoms with Crippen LogP contribution in [-0.4, -0.2) is 24.2 Å². The molecule has 1 aliphatic carbocycles. The summed E-state index contributed by atoms with van der Waals surface area (Å²) < 4.78 is 7.62. The van der Waals surface area contributed by atoms with Crippen LogP contribution in [0.3, 0.4) is 0 Å². The van der Waals surface area contributed by atoms with Crippen molar-refractivity contribution in [2.45, 2.75) is 69.9 Å².